The Kier molecular flexibility index (Phi) is 24.4. The number of nitrogens with two attached hydrogens (primary N) is 1. The summed E-state index contributed by atoms with van der Waals surface area (Å²) in [7, 11) is -2.43. The Morgan fingerprint density at radius 2 is 1.01 bits per heavy atom. The van der Waals surface area contributed by atoms with Gasteiger partial charge in [0.25, 0.3) is 5.91 Å². The molecular weight excluding hydrogens is 1010 g/mol. The summed E-state index contributed by atoms with van der Waals surface area (Å²) in [6, 6.07) is 37.2. The molecule has 78 heavy (non-hydrogen) atoms. The number of ether oxygens (including phenoxy) is 4. The van der Waals surface area contributed by atoms with Gasteiger partial charge in [0.15, 0.2) is 5.82 Å². The van der Waals surface area contributed by atoms with Gasteiger partial charge < -0.3 is 49.0 Å². The van der Waals surface area contributed by atoms with Gasteiger partial charge in [0, 0.05) is 65.3 Å². The summed E-state index contributed by atoms with van der Waals surface area (Å²) in [6.45, 7) is 22.1. The van der Waals surface area contributed by atoms with E-state index >= 15 is 0 Å². The van der Waals surface area contributed by atoms with Crippen LogP contribution in [0.1, 0.15) is 59.1 Å². The molecule has 3 N–H and O–H groups in total. The minimum absolute atomic E-state index is 0. The summed E-state index contributed by atoms with van der Waals surface area (Å²) in [5, 5.41) is 23.3. The van der Waals surface area contributed by atoms with Crippen LogP contribution in [0.25, 0.3) is 22.5 Å². The van der Waals surface area contributed by atoms with Crippen molar-refractivity contribution < 1.29 is 52.5 Å². The number of amides is 1. The SMILES string of the molecule is CCCOc1ccccc1N.CCCOc1ccccc1NC(=O)c1nc(-c2cnn(Cc3ccccc3)c2)cn1COCC[Si](C)(C)C.C[Si](C)(C)CCOCn1cc(-c2cnn(Cc3ccccc3)c2)nc1C(=O)[O-].[Li+]. The van der Waals surface area contributed by atoms with Crippen LogP contribution in [0.15, 0.2) is 146 Å². The van der Waals surface area contributed by atoms with Gasteiger partial charge >= 0.3 is 18.9 Å². The van der Waals surface area contributed by atoms with Crippen LogP contribution in [0.2, 0.25) is 51.4 Å². The zero-order valence-corrected chi connectivity index (χ0v) is 48.9. The van der Waals surface area contributed by atoms with Crippen LogP contribution in [0.5, 0.6) is 11.5 Å². The Morgan fingerprint density at radius 1 is 0.577 bits per heavy atom. The maximum absolute atomic E-state index is 13.4. The van der Waals surface area contributed by atoms with Crippen molar-refractivity contribution in [1.29, 1.82) is 0 Å². The largest absolute Gasteiger partial charge is 1.00 e. The third-order valence-corrected chi connectivity index (χ3v) is 15.0. The van der Waals surface area contributed by atoms with Crippen LogP contribution in [0.4, 0.5) is 11.4 Å². The number of hydrogen-bond donors (Lipinski definition) is 2. The first-order chi connectivity index (χ1) is 37.0. The number of nitrogens with zero attached hydrogens (tertiary/aromatic N) is 8. The first kappa shape index (κ1) is 61.9. The summed E-state index contributed by atoms with van der Waals surface area (Å²) in [5.41, 5.74) is 12.0. The molecular formula is C58H75LiN10O7Si2. The van der Waals surface area contributed by atoms with Crippen molar-refractivity contribution in [2.24, 2.45) is 0 Å². The van der Waals surface area contributed by atoms with Crippen LogP contribution in [0, 0.1) is 0 Å². The number of para-hydroxylation sites is 4. The van der Waals surface area contributed by atoms with Gasteiger partial charge in [-0.2, -0.15) is 10.2 Å². The Balaban J connectivity index is 0.000000245. The van der Waals surface area contributed by atoms with E-state index in [1.807, 2.05) is 127 Å². The number of carbonyl (C=O) groups is 2. The van der Waals surface area contributed by atoms with E-state index in [0.717, 1.165) is 59.5 Å². The van der Waals surface area contributed by atoms with Crippen molar-refractivity contribution in [1.82, 2.24) is 38.7 Å². The van der Waals surface area contributed by atoms with E-state index in [4.69, 9.17) is 29.7 Å². The van der Waals surface area contributed by atoms with Crippen molar-refractivity contribution in [2.75, 3.05) is 37.5 Å². The van der Waals surface area contributed by atoms with E-state index < -0.39 is 22.1 Å². The molecule has 0 aliphatic carbocycles. The van der Waals surface area contributed by atoms with E-state index in [9.17, 15) is 14.7 Å². The van der Waals surface area contributed by atoms with E-state index in [0.29, 0.717) is 61.4 Å². The van der Waals surface area contributed by atoms with Crippen molar-refractivity contribution in [3.63, 3.8) is 0 Å². The monoisotopic (exact) mass is 1090 g/mol. The fraction of sp³-hybridized carbons (Fsp3) is 0.345. The molecule has 0 saturated heterocycles. The normalized spacial score (nSPS) is 11.1. The summed E-state index contributed by atoms with van der Waals surface area (Å²) in [5.74, 6) is -0.0946. The van der Waals surface area contributed by atoms with Gasteiger partial charge in [0.1, 0.15) is 30.9 Å². The first-order valence-corrected chi connectivity index (χ1v) is 33.5. The fourth-order valence-corrected chi connectivity index (χ4v) is 8.86. The van der Waals surface area contributed by atoms with Gasteiger partial charge in [0.05, 0.1) is 61.5 Å². The number of aromatic carboxylic acids is 1. The van der Waals surface area contributed by atoms with Crippen molar-refractivity contribution >= 4 is 39.4 Å². The van der Waals surface area contributed by atoms with Crippen LogP contribution >= 0.6 is 0 Å². The van der Waals surface area contributed by atoms with E-state index in [1.54, 1.807) is 27.8 Å². The Labute approximate surface area is 473 Å². The molecule has 17 nitrogen and oxygen atoms in total. The number of imidazole rings is 2. The molecule has 8 rings (SSSR count). The molecule has 0 fully saturated rings. The van der Waals surface area contributed by atoms with Gasteiger partial charge in [-0.05, 0) is 60.3 Å². The quantitative estimate of drug-likeness (QED) is 0.0322. The summed E-state index contributed by atoms with van der Waals surface area (Å²) >= 11 is 0. The number of carbonyl (C=O) groups excluding carboxylic acids is 2. The standard InChI is InChI=1S/C29H37N5O3Si.C20H26N4O3Si.C9H13NO.Li/c1-5-15-37-27-14-10-9-13-25(27)32-29(35)28-31-26(21-33(28)22-36-16-17-38(2,3)4)24-18-30-34(20-24)19-23-11-7-6-8-12-23;1-28(2,3)10-9-27-15-23-14-18(22-19(23)20(25)26)17-11-21-24(13-17)12-16-7-5-4-6-8-16;1-2-7-11-9-6-4-3-5-8(9)10;/h6-14,18,20-21H,5,15-17,19,22H2,1-4H3,(H,32,35);4-8,11,13-14H,9-10,12,15H2,1-3H3,(H,25,26);3-6H,2,7,10H2,1H3;/q;;;+1/p-1. The second kappa shape index (κ2) is 30.8. The number of rotatable bonds is 25. The second-order valence-electron chi connectivity index (χ2n) is 20.8. The third-order valence-electron chi connectivity index (χ3n) is 11.6. The van der Waals surface area contributed by atoms with Gasteiger partial charge in [-0.3, -0.25) is 14.2 Å². The summed E-state index contributed by atoms with van der Waals surface area (Å²) < 4.78 is 29.7. The molecule has 0 saturated carbocycles. The predicted molar refractivity (Wildman–Crippen MR) is 307 cm³/mol. The number of aromatic nitrogens is 8. The van der Waals surface area contributed by atoms with E-state index in [2.05, 4.69) is 78.8 Å². The number of anilines is 2. The summed E-state index contributed by atoms with van der Waals surface area (Å²) in [4.78, 5) is 33.8. The average molecular weight is 1090 g/mol. The molecule has 0 unspecified atom stereocenters. The number of benzene rings is 4. The van der Waals surface area contributed by atoms with E-state index in [1.165, 1.54) is 4.57 Å². The maximum atomic E-state index is 13.4. The molecule has 0 radical (unpaired) electrons. The van der Waals surface area contributed by atoms with Crippen LogP contribution in [0.3, 0.4) is 0 Å². The number of hydrogen-bond acceptors (Lipinski definition) is 12. The second-order valence-corrected chi connectivity index (χ2v) is 32.1. The fourth-order valence-electron chi connectivity index (χ4n) is 7.35. The van der Waals surface area contributed by atoms with Gasteiger partial charge in [-0.15, -0.1) is 0 Å². The van der Waals surface area contributed by atoms with Crippen molar-refractivity contribution in [3.05, 3.63) is 169 Å². The number of carboxylic acids is 1. The van der Waals surface area contributed by atoms with Crippen LogP contribution in [-0.4, -0.2) is 93.1 Å². The van der Waals surface area contributed by atoms with E-state index in [-0.39, 0.29) is 49.9 Å². The van der Waals surface area contributed by atoms with Gasteiger partial charge in [-0.25, -0.2) is 9.97 Å². The summed E-state index contributed by atoms with van der Waals surface area (Å²) in [6.07, 6.45) is 12.7. The zero-order valence-electron chi connectivity index (χ0n) is 46.9. The molecule has 0 aliphatic rings. The zero-order chi connectivity index (χ0) is 55.2. The van der Waals surface area contributed by atoms with Gasteiger partial charge in [-0.1, -0.05) is 138 Å². The number of carboxylic acid groups (broad SMARTS) is 1. The maximum Gasteiger partial charge on any atom is 1.00 e. The third kappa shape index (κ3) is 20.4. The van der Waals surface area contributed by atoms with Crippen LogP contribution in [-0.2, 0) is 36.0 Å². The topological polar surface area (TPSA) is 203 Å². The van der Waals surface area contributed by atoms with Crippen molar-refractivity contribution in [3.8, 4) is 34.0 Å². The van der Waals surface area contributed by atoms with Crippen LogP contribution < -0.4 is 44.5 Å². The molecule has 1 amide bonds. The molecule has 0 aliphatic heterocycles. The molecule has 0 spiro atoms. The molecule has 4 aromatic heterocycles. The Morgan fingerprint density at radius 3 is 1.49 bits per heavy atom. The molecule has 20 heteroatoms. The number of nitrogen functional groups attached to an aromatic ring is 1. The Hall–Kier alpha value is -6.99. The molecule has 4 heterocycles. The smallest absolute Gasteiger partial charge is 0.542 e. The average Bonchev–Trinajstić information content (AvgIpc) is 4.26. The van der Waals surface area contributed by atoms with Gasteiger partial charge in [0.2, 0.25) is 5.82 Å². The molecule has 4 aromatic carbocycles. The molecule has 0 bridgehead atoms. The predicted octanol–water partition coefficient (Wildman–Crippen LogP) is 7.68. The Bertz CT molecular complexity index is 3060. The minimum Gasteiger partial charge on any atom is -0.542 e. The minimum atomic E-state index is -1.32. The molecule has 0 atom stereocenters. The first-order valence-electron chi connectivity index (χ1n) is 26.1. The molecule has 8 aromatic rings. The molecule has 408 valence electrons. The number of nitrogens with one attached hydrogen (secondary N) is 1. The van der Waals surface area contributed by atoms with Crippen molar-refractivity contribution in [2.45, 2.75) is 105 Å².